The summed E-state index contributed by atoms with van der Waals surface area (Å²) in [6.45, 7) is 4.81. The molecule has 0 heterocycles. The van der Waals surface area contributed by atoms with E-state index in [0.29, 0.717) is 17.4 Å². The predicted molar refractivity (Wildman–Crippen MR) is 447 cm³/mol. The van der Waals surface area contributed by atoms with E-state index in [0.717, 1.165) is 83.5 Å². The number of hydrogen-bond donors (Lipinski definition) is 1. The molecule has 9 nitrogen and oxygen atoms in total. The molecule has 0 aliphatic rings. The second kappa shape index (κ2) is 83.8. The zero-order chi connectivity index (χ0) is 74.6. The highest BCUT2D eigenvalue weighted by atomic mass is 16.7. The molecule has 0 rings (SSSR count). The highest BCUT2D eigenvalue weighted by Gasteiger charge is 2.25. The molecule has 0 fully saturated rings. The smallest absolute Gasteiger partial charge is 0.361 e. The molecule has 0 aromatic heterocycles. The number of ether oxygens (including phenoxy) is 4. The minimum atomic E-state index is -1.51. The number of carbonyl (C=O) groups excluding carboxylic acids is 2. The molecule has 0 aliphatic heterocycles. The van der Waals surface area contributed by atoms with Crippen molar-refractivity contribution in [3.63, 3.8) is 0 Å². The van der Waals surface area contributed by atoms with Gasteiger partial charge in [-0.3, -0.25) is 9.59 Å². The van der Waals surface area contributed by atoms with E-state index in [-0.39, 0.29) is 38.2 Å². The topological polar surface area (TPSA) is 108 Å². The number of rotatable bonds is 83. The first kappa shape index (κ1) is 99.2. The molecule has 0 amide bonds. The van der Waals surface area contributed by atoms with Gasteiger partial charge < -0.3 is 28.5 Å². The van der Waals surface area contributed by atoms with Crippen molar-refractivity contribution in [2.75, 3.05) is 47.5 Å². The quantitative estimate of drug-likeness (QED) is 0.0211. The van der Waals surface area contributed by atoms with E-state index in [9.17, 15) is 19.5 Å². The molecule has 2 unspecified atom stereocenters. The van der Waals surface area contributed by atoms with Crippen LogP contribution in [0.2, 0.25) is 0 Å². The van der Waals surface area contributed by atoms with Gasteiger partial charge in [0.25, 0.3) is 6.29 Å². The van der Waals surface area contributed by atoms with E-state index < -0.39 is 18.4 Å². The van der Waals surface area contributed by atoms with Crippen molar-refractivity contribution in [3.8, 4) is 0 Å². The summed E-state index contributed by atoms with van der Waals surface area (Å²) in [7, 11) is 6.00. The van der Waals surface area contributed by atoms with Crippen molar-refractivity contribution < 1.29 is 42.9 Å². The van der Waals surface area contributed by atoms with Crippen molar-refractivity contribution in [1.82, 2.24) is 0 Å². The maximum absolute atomic E-state index is 13.0. The number of allylic oxidation sites excluding steroid dienone is 16. The number of quaternary nitrogens is 1. The Morgan fingerprint density at radius 2 is 0.553 bits per heavy atom. The van der Waals surface area contributed by atoms with Gasteiger partial charge in [0.15, 0.2) is 6.10 Å². The largest absolute Gasteiger partial charge is 0.477 e. The van der Waals surface area contributed by atoms with Gasteiger partial charge in [0.05, 0.1) is 34.4 Å². The zero-order valence-electron chi connectivity index (χ0n) is 68.7. The molecule has 0 bridgehead atoms. The third-order valence-electron chi connectivity index (χ3n) is 19.8. The molecular weight excluding hydrogens is 1270 g/mol. The Kier molecular flexibility index (Phi) is 80.8. The van der Waals surface area contributed by atoms with Crippen LogP contribution < -0.4 is 0 Å². The second-order valence-corrected chi connectivity index (χ2v) is 31.2. The first-order valence-corrected chi connectivity index (χ1v) is 44.4. The Balaban J connectivity index is 3.92. The number of hydrogen-bond acceptors (Lipinski definition) is 7. The summed E-state index contributed by atoms with van der Waals surface area (Å²) in [4.78, 5) is 37.8. The molecular formula is C94H170NO8+. The maximum atomic E-state index is 13.0. The monoisotopic (exact) mass is 1440 g/mol. The first-order chi connectivity index (χ1) is 50.6. The molecule has 0 spiro atoms. The third-order valence-corrected chi connectivity index (χ3v) is 19.8. The maximum Gasteiger partial charge on any atom is 0.361 e. The normalized spacial score (nSPS) is 13.1. The fourth-order valence-corrected chi connectivity index (χ4v) is 13.1. The van der Waals surface area contributed by atoms with Crippen LogP contribution in [0.25, 0.3) is 0 Å². The molecule has 0 aromatic carbocycles. The van der Waals surface area contributed by atoms with E-state index in [4.69, 9.17) is 18.9 Å². The molecule has 0 saturated heterocycles. The number of aliphatic carboxylic acids is 1. The van der Waals surface area contributed by atoms with Gasteiger partial charge in [-0.05, 0) is 96.3 Å². The summed E-state index contributed by atoms with van der Waals surface area (Å²) in [6, 6.07) is 0. The van der Waals surface area contributed by atoms with Crippen molar-refractivity contribution in [1.29, 1.82) is 0 Å². The number of nitrogens with zero attached hydrogens (tertiary/aromatic N) is 1. The highest BCUT2D eigenvalue weighted by Crippen LogP contribution is 2.20. The lowest BCUT2D eigenvalue weighted by Gasteiger charge is -2.25. The number of unbranched alkanes of at least 4 members (excludes halogenated alkanes) is 52. The zero-order valence-corrected chi connectivity index (χ0v) is 68.7. The minimum Gasteiger partial charge on any atom is -0.477 e. The summed E-state index contributed by atoms with van der Waals surface area (Å²) in [5, 5.41) is 9.79. The molecule has 9 heteroatoms. The number of carboxylic acids is 1. The number of esters is 2. The summed E-state index contributed by atoms with van der Waals surface area (Å²) in [6.07, 6.45) is 115. The average Bonchev–Trinajstić information content (AvgIpc) is 1.16. The lowest BCUT2D eigenvalue weighted by atomic mass is 10.0. The standard InChI is InChI=1S/C94H169NO8/c1-6-8-10-12-14-16-18-20-22-24-26-28-30-32-34-36-38-40-42-44-45-46-47-49-50-52-54-56-58-60-62-64-66-68-70-72-74-76-78-80-82-84-91(96)101-88-90(89-102-94(93(98)99)100-87-86-95(3,4)5)103-92(97)85-83-81-79-77-75-73-71-69-67-65-63-61-59-57-55-53-51-48-43-41-39-37-35-33-31-29-27-25-23-21-19-17-15-13-11-9-7-2/h9,11,15,17-18,20-21,23-24,26-27,29,33,35,39,41,90,94H,6-8,10,12-14,16,19,22,25,28,30-32,34,36-38,40,42-89H2,1-5H3/p+1/b11-9-,17-15-,20-18-,23-21-,26-24-,29-27-,35-33-,41-39-. The van der Waals surface area contributed by atoms with Gasteiger partial charge in [-0.15, -0.1) is 0 Å². The van der Waals surface area contributed by atoms with Crippen molar-refractivity contribution in [2.45, 2.75) is 437 Å². The molecule has 0 aliphatic carbocycles. The van der Waals surface area contributed by atoms with Gasteiger partial charge in [0, 0.05) is 12.8 Å². The number of likely N-dealkylation sites (N-methyl/N-ethyl adjacent to an activating group) is 1. The Bertz CT molecular complexity index is 2030. The van der Waals surface area contributed by atoms with E-state index in [1.165, 1.54) is 315 Å². The van der Waals surface area contributed by atoms with Crippen LogP contribution in [0.4, 0.5) is 0 Å². The van der Waals surface area contributed by atoms with Crippen LogP contribution in [0.15, 0.2) is 97.2 Å². The van der Waals surface area contributed by atoms with Gasteiger partial charge in [0.2, 0.25) is 0 Å². The van der Waals surface area contributed by atoms with Gasteiger partial charge in [-0.25, -0.2) is 4.79 Å². The molecule has 103 heavy (non-hydrogen) atoms. The third kappa shape index (κ3) is 85.3. The summed E-state index contributed by atoms with van der Waals surface area (Å²) >= 11 is 0. The number of carbonyl (C=O) groups is 3. The number of carboxylic acid groups (broad SMARTS) is 1. The average molecular weight is 1440 g/mol. The SMILES string of the molecule is CC/C=C\C/C=C\C/C=C\C/C=C\C/C=C\C/C=C\CCCCCCCCCCCCCCCCCCCCC(=O)OC(COC(=O)CCCCCCCCCCCCCCCCCCCCCCCCCCCCCCC/C=C\C/C=C\CCCCCCC)COC(OCC[N+](C)(C)C)C(=O)O. The van der Waals surface area contributed by atoms with Crippen molar-refractivity contribution in [2.24, 2.45) is 0 Å². The van der Waals surface area contributed by atoms with Gasteiger partial charge in [-0.1, -0.05) is 413 Å². The van der Waals surface area contributed by atoms with Crippen LogP contribution in [-0.4, -0.2) is 87.4 Å². The van der Waals surface area contributed by atoms with E-state index in [2.05, 4.69) is 111 Å². The van der Waals surface area contributed by atoms with Gasteiger partial charge >= 0.3 is 17.9 Å². The minimum absolute atomic E-state index is 0.179. The van der Waals surface area contributed by atoms with Crippen LogP contribution in [0.5, 0.6) is 0 Å². The molecule has 0 radical (unpaired) electrons. The summed E-state index contributed by atoms with van der Waals surface area (Å²) in [5.41, 5.74) is 0. The molecule has 2 atom stereocenters. The summed E-state index contributed by atoms with van der Waals surface area (Å²) in [5.74, 6) is -1.98. The Morgan fingerprint density at radius 3 is 0.825 bits per heavy atom. The van der Waals surface area contributed by atoms with Crippen LogP contribution >= 0.6 is 0 Å². The molecule has 0 saturated carbocycles. The highest BCUT2D eigenvalue weighted by molar-refractivity contribution is 5.71. The fourth-order valence-electron chi connectivity index (χ4n) is 13.1. The second-order valence-electron chi connectivity index (χ2n) is 31.2. The van der Waals surface area contributed by atoms with Crippen molar-refractivity contribution in [3.05, 3.63) is 97.2 Å². The van der Waals surface area contributed by atoms with Crippen molar-refractivity contribution >= 4 is 17.9 Å². The lowest BCUT2D eigenvalue weighted by molar-refractivity contribution is -0.870. The Hall–Kier alpha value is -3.79. The van der Waals surface area contributed by atoms with Gasteiger partial charge in [0.1, 0.15) is 13.2 Å². The van der Waals surface area contributed by atoms with Crippen LogP contribution in [0.1, 0.15) is 425 Å². The van der Waals surface area contributed by atoms with Crippen LogP contribution in [0, 0.1) is 0 Å². The van der Waals surface area contributed by atoms with Crippen LogP contribution in [0.3, 0.4) is 0 Å². The molecule has 0 aromatic rings. The van der Waals surface area contributed by atoms with Gasteiger partial charge in [-0.2, -0.15) is 0 Å². The Morgan fingerprint density at radius 1 is 0.301 bits per heavy atom. The lowest BCUT2D eigenvalue weighted by Crippen LogP contribution is -2.40. The predicted octanol–water partition coefficient (Wildman–Crippen LogP) is 29.0. The molecule has 598 valence electrons. The molecule has 1 N–H and O–H groups in total. The van der Waals surface area contributed by atoms with Crippen LogP contribution in [-0.2, 0) is 33.3 Å². The van der Waals surface area contributed by atoms with E-state index in [1.807, 2.05) is 21.1 Å². The fraction of sp³-hybridized carbons (Fsp3) is 0.798. The van der Waals surface area contributed by atoms with E-state index in [1.54, 1.807) is 0 Å². The first-order valence-electron chi connectivity index (χ1n) is 44.4. The summed E-state index contributed by atoms with van der Waals surface area (Å²) < 4.78 is 23.1. The van der Waals surface area contributed by atoms with E-state index >= 15 is 0 Å². The Labute approximate surface area is 639 Å².